The molecule has 3 rings (SSSR count). The van der Waals surface area contributed by atoms with E-state index in [0.717, 1.165) is 0 Å². The molecule has 2 aromatic rings. The van der Waals surface area contributed by atoms with E-state index in [1.54, 1.807) is 18.2 Å². The first-order valence-electron chi connectivity index (χ1n) is 7.88. The van der Waals surface area contributed by atoms with Crippen LogP contribution in [0.2, 0.25) is 0 Å². The number of sulfone groups is 1. The summed E-state index contributed by atoms with van der Waals surface area (Å²) in [4.78, 5) is 12.5. The van der Waals surface area contributed by atoms with Gasteiger partial charge < -0.3 is 19.2 Å². The second kappa shape index (κ2) is 7.81. The van der Waals surface area contributed by atoms with Crippen molar-refractivity contribution in [1.82, 2.24) is 5.32 Å². The van der Waals surface area contributed by atoms with Crippen LogP contribution in [0.1, 0.15) is 16.1 Å². The maximum Gasteiger partial charge on any atom is 0.287 e. The molecule has 0 spiro atoms. The lowest BCUT2D eigenvalue weighted by Crippen LogP contribution is -2.39. The van der Waals surface area contributed by atoms with Crippen molar-refractivity contribution in [2.75, 3.05) is 26.4 Å². The number of carbonyl (C=O) groups excluding carboxylic acids is 1. The summed E-state index contributed by atoms with van der Waals surface area (Å²) < 4.78 is 40.9. The van der Waals surface area contributed by atoms with Crippen molar-refractivity contribution in [3.05, 3.63) is 54.0 Å². The Bertz CT molecular complexity index is 809. The Hall–Kier alpha value is -2.16. The van der Waals surface area contributed by atoms with Gasteiger partial charge in [0.2, 0.25) is 0 Å². The lowest BCUT2D eigenvalue weighted by atomic mass is 10.2. The van der Waals surface area contributed by atoms with Crippen LogP contribution in [0.5, 0.6) is 0 Å². The first-order valence-corrected chi connectivity index (χ1v) is 9.53. The highest BCUT2D eigenvalue weighted by atomic mass is 32.2. The second-order valence-corrected chi connectivity index (χ2v) is 7.61. The first kappa shape index (κ1) is 17.7. The normalized spacial score (nSPS) is 18.0. The molecule has 0 aliphatic carbocycles. The van der Waals surface area contributed by atoms with Gasteiger partial charge in [-0.1, -0.05) is 18.2 Å². The summed E-state index contributed by atoms with van der Waals surface area (Å²) in [6.45, 7) is 1.71. The molecule has 25 heavy (non-hydrogen) atoms. The fraction of sp³-hybridized carbons (Fsp3) is 0.353. The third-order valence-electron chi connectivity index (χ3n) is 3.78. The summed E-state index contributed by atoms with van der Waals surface area (Å²) in [5.41, 5.74) is 0.321. The molecule has 8 heteroatoms. The lowest BCUT2D eigenvalue weighted by Gasteiger charge is -2.22. The van der Waals surface area contributed by atoms with Crippen LogP contribution in [-0.2, 0) is 25.1 Å². The number of rotatable bonds is 6. The number of hydrogen-bond donors (Lipinski definition) is 1. The molecule has 0 unspecified atom stereocenters. The molecule has 1 fully saturated rings. The molecule has 1 aromatic carbocycles. The highest BCUT2D eigenvalue weighted by Gasteiger charge is 2.23. The van der Waals surface area contributed by atoms with Gasteiger partial charge in [-0.15, -0.1) is 0 Å². The number of hydrogen-bond acceptors (Lipinski definition) is 6. The van der Waals surface area contributed by atoms with E-state index >= 15 is 0 Å². The van der Waals surface area contributed by atoms with Crippen LogP contribution < -0.4 is 5.32 Å². The van der Waals surface area contributed by atoms with Crippen LogP contribution >= 0.6 is 0 Å². The van der Waals surface area contributed by atoms with Crippen LogP contribution in [0.25, 0.3) is 0 Å². The number of amides is 1. The Balaban J connectivity index is 1.66. The third-order valence-corrected chi connectivity index (χ3v) is 5.46. The van der Waals surface area contributed by atoms with Crippen molar-refractivity contribution >= 4 is 15.7 Å². The number of furan rings is 1. The highest BCUT2D eigenvalue weighted by Crippen LogP contribution is 2.20. The summed E-state index contributed by atoms with van der Waals surface area (Å²) >= 11 is 0. The largest absolute Gasteiger partial charge is 0.459 e. The van der Waals surface area contributed by atoms with Crippen LogP contribution in [-0.4, -0.2) is 46.8 Å². The van der Waals surface area contributed by atoms with Gasteiger partial charge >= 0.3 is 0 Å². The van der Waals surface area contributed by atoms with Gasteiger partial charge in [0.05, 0.1) is 42.8 Å². The maximum atomic E-state index is 12.5. The summed E-state index contributed by atoms with van der Waals surface area (Å²) in [5, 5.41) is 2.69. The topological polar surface area (TPSA) is 94.8 Å². The minimum Gasteiger partial charge on any atom is -0.459 e. The minimum atomic E-state index is -3.56. The van der Waals surface area contributed by atoms with Gasteiger partial charge in [0.15, 0.2) is 15.6 Å². The zero-order valence-electron chi connectivity index (χ0n) is 13.5. The zero-order valence-corrected chi connectivity index (χ0v) is 14.3. The maximum absolute atomic E-state index is 12.5. The SMILES string of the molecule is O=C(NC[C@@H]1COCCO1)c1occc1CS(=O)(=O)c1ccccc1. The van der Waals surface area contributed by atoms with E-state index in [-0.39, 0.29) is 29.1 Å². The molecule has 1 aromatic heterocycles. The van der Waals surface area contributed by atoms with Gasteiger partial charge in [-0.3, -0.25) is 4.79 Å². The lowest BCUT2D eigenvalue weighted by molar-refractivity contribution is -0.0856. The highest BCUT2D eigenvalue weighted by molar-refractivity contribution is 7.90. The molecule has 2 heterocycles. The molecule has 1 aliphatic rings. The summed E-state index contributed by atoms with van der Waals surface area (Å²) in [6.07, 6.45) is 1.09. The Morgan fingerprint density at radius 1 is 1.16 bits per heavy atom. The smallest absolute Gasteiger partial charge is 0.287 e. The quantitative estimate of drug-likeness (QED) is 0.831. The van der Waals surface area contributed by atoms with Gasteiger partial charge in [0, 0.05) is 12.1 Å². The predicted molar refractivity (Wildman–Crippen MR) is 88.9 cm³/mol. The Morgan fingerprint density at radius 3 is 2.68 bits per heavy atom. The van der Waals surface area contributed by atoms with E-state index in [9.17, 15) is 13.2 Å². The van der Waals surface area contributed by atoms with Crippen molar-refractivity contribution in [3.8, 4) is 0 Å². The third kappa shape index (κ3) is 4.47. The van der Waals surface area contributed by atoms with Crippen molar-refractivity contribution in [3.63, 3.8) is 0 Å². The number of benzene rings is 1. The molecule has 7 nitrogen and oxygen atoms in total. The summed E-state index contributed by atoms with van der Waals surface area (Å²) in [5.74, 6) is -0.784. The van der Waals surface area contributed by atoms with E-state index in [4.69, 9.17) is 13.9 Å². The molecule has 0 radical (unpaired) electrons. The average molecular weight is 365 g/mol. The molecule has 1 atom stereocenters. The van der Waals surface area contributed by atoms with Gasteiger partial charge in [0.25, 0.3) is 5.91 Å². The fourth-order valence-corrected chi connectivity index (χ4v) is 3.88. The van der Waals surface area contributed by atoms with Crippen LogP contribution in [0.15, 0.2) is 52.0 Å². The Morgan fingerprint density at radius 2 is 1.96 bits per heavy atom. The molecule has 1 amide bonds. The van der Waals surface area contributed by atoms with Crippen molar-refractivity contribution in [2.45, 2.75) is 16.8 Å². The van der Waals surface area contributed by atoms with Crippen LogP contribution in [0.4, 0.5) is 0 Å². The number of carbonyl (C=O) groups is 1. The standard InChI is InChI=1S/C17H19NO6S/c19-17(18-10-14-11-22-8-9-23-14)16-13(6-7-24-16)12-25(20,21)15-4-2-1-3-5-15/h1-7,14H,8-12H2,(H,18,19)/t14-/m1/s1. The second-order valence-electron chi connectivity index (χ2n) is 5.62. The molecule has 1 N–H and O–H groups in total. The van der Waals surface area contributed by atoms with E-state index in [0.29, 0.717) is 25.4 Å². The number of nitrogens with one attached hydrogen (secondary N) is 1. The van der Waals surface area contributed by atoms with Crippen LogP contribution in [0.3, 0.4) is 0 Å². The molecule has 134 valence electrons. The van der Waals surface area contributed by atoms with E-state index in [1.807, 2.05) is 0 Å². The summed E-state index contributed by atoms with van der Waals surface area (Å²) in [7, 11) is -3.56. The molecule has 1 aliphatic heterocycles. The van der Waals surface area contributed by atoms with E-state index in [1.165, 1.54) is 24.5 Å². The van der Waals surface area contributed by atoms with Crippen molar-refractivity contribution in [1.29, 1.82) is 0 Å². The fourth-order valence-electron chi connectivity index (χ4n) is 2.51. The average Bonchev–Trinajstić information content (AvgIpc) is 3.09. The molecule has 1 saturated heterocycles. The van der Waals surface area contributed by atoms with E-state index in [2.05, 4.69) is 5.32 Å². The van der Waals surface area contributed by atoms with Crippen LogP contribution in [0, 0.1) is 0 Å². The Kier molecular flexibility index (Phi) is 5.52. The Labute approximate surface area is 145 Å². The monoisotopic (exact) mass is 365 g/mol. The van der Waals surface area contributed by atoms with Gasteiger partial charge in [-0.05, 0) is 18.2 Å². The molecular weight excluding hydrogens is 346 g/mol. The van der Waals surface area contributed by atoms with Crippen molar-refractivity contribution < 1.29 is 27.1 Å². The number of ether oxygens (including phenoxy) is 2. The zero-order chi connectivity index (χ0) is 17.7. The summed E-state index contributed by atoms with van der Waals surface area (Å²) in [6, 6.07) is 9.60. The van der Waals surface area contributed by atoms with Gasteiger partial charge in [-0.25, -0.2) is 8.42 Å². The van der Waals surface area contributed by atoms with E-state index < -0.39 is 15.7 Å². The van der Waals surface area contributed by atoms with Gasteiger partial charge in [-0.2, -0.15) is 0 Å². The minimum absolute atomic E-state index is 0.00349. The van der Waals surface area contributed by atoms with Gasteiger partial charge in [0.1, 0.15) is 0 Å². The molecular formula is C17H19NO6S. The van der Waals surface area contributed by atoms with Crippen molar-refractivity contribution in [2.24, 2.45) is 0 Å². The molecule has 0 bridgehead atoms. The predicted octanol–water partition coefficient (Wildman–Crippen LogP) is 1.40. The molecule has 0 saturated carbocycles. The first-order chi connectivity index (χ1) is 12.1.